The van der Waals surface area contributed by atoms with Crippen LogP contribution in [0.4, 0.5) is 5.95 Å². The summed E-state index contributed by atoms with van der Waals surface area (Å²) >= 11 is 0. The van der Waals surface area contributed by atoms with E-state index >= 15 is 0 Å². The Morgan fingerprint density at radius 2 is 1.88 bits per heavy atom. The van der Waals surface area contributed by atoms with E-state index in [0.717, 1.165) is 11.1 Å². The molecule has 0 bridgehead atoms. The number of aliphatic hydroxyl groups excluding tert-OH is 1. The van der Waals surface area contributed by atoms with E-state index in [2.05, 4.69) is 20.5 Å². The Bertz CT molecular complexity index is 1450. The first-order chi connectivity index (χ1) is 16.3. The SMILES string of the molecule is C/C(=N\Nc1nc2c(c(=O)[nH]c(=O)n2C)n1C[C@H](O)COc1ccccc1C)c1ccccc1. The molecular formula is C24H26N6O4. The Morgan fingerprint density at radius 3 is 2.62 bits per heavy atom. The number of hydrazone groups is 1. The first kappa shape index (κ1) is 23.0. The summed E-state index contributed by atoms with van der Waals surface area (Å²) < 4.78 is 8.50. The molecule has 0 aliphatic heterocycles. The average Bonchev–Trinajstić information content (AvgIpc) is 3.19. The summed E-state index contributed by atoms with van der Waals surface area (Å²) in [5.41, 5.74) is 4.58. The Morgan fingerprint density at radius 1 is 1.18 bits per heavy atom. The van der Waals surface area contributed by atoms with Crippen LogP contribution in [0.1, 0.15) is 18.1 Å². The molecule has 10 heteroatoms. The number of ether oxygens (including phenoxy) is 1. The number of imidazole rings is 1. The van der Waals surface area contributed by atoms with Crippen LogP contribution in [0.25, 0.3) is 11.2 Å². The Hall–Kier alpha value is -4.18. The van der Waals surface area contributed by atoms with E-state index in [9.17, 15) is 14.7 Å². The molecule has 10 nitrogen and oxygen atoms in total. The van der Waals surface area contributed by atoms with Crippen LogP contribution in [-0.4, -0.2) is 42.6 Å². The molecule has 0 amide bonds. The molecule has 4 aromatic rings. The lowest BCUT2D eigenvalue weighted by Crippen LogP contribution is -2.30. The molecule has 2 aromatic heterocycles. The van der Waals surface area contributed by atoms with Crippen molar-refractivity contribution in [2.75, 3.05) is 12.0 Å². The third-order valence-corrected chi connectivity index (χ3v) is 5.44. The van der Waals surface area contributed by atoms with Gasteiger partial charge in [-0.2, -0.15) is 10.1 Å². The van der Waals surface area contributed by atoms with Crippen molar-refractivity contribution in [1.29, 1.82) is 0 Å². The van der Waals surface area contributed by atoms with Crippen molar-refractivity contribution in [3.8, 4) is 5.75 Å². The minimum absolute atomic E-state index is 0.0000530. The van der Waals surface area contributed by atoms with Crippen LogP contribution in [0, 0.1) is 6.92 Å². The van der Waals surface area contributed by atoms with E-state index in [1.165, 1.54) is 16.2 Å². The zero-order chi connectivity index (χ0) is 24.2. The van der Waals surface area contributed by atoms with Crippen molar-refractivity contribution < 1.29 is 9.84 Å². The lowest BCUT2D eigenvalue weighted by Gasteiger charge is -2.16. The van der Waals surface area contributed by atoms with Gasteiger partial charge < -0.3 is 14.4 Å². The fourth-order valence-electron chi connectivity index (χ4n) is 3.54. The third kappa shape index (κ3) is 4.76. The minimum Gasteiger partial charge on any atom is -0.491 e. The number of aryl methyl sites for hydroxylation is 2. The van der Waals surface area contributed by atoms with Gasteiger partial charge in [-0.15, -0.1) is 0 Å². The third-order valence-electron chi connectivity index (χ3n) is 5.44. The van der Waals surface area contributed by atoms with Crippen LogP contribution in [0.2, 0.25) is 0 Å². The summed E-state index contributed by atoms with van der Waals surface area (Å²) in [7, 11) is 1.51. The second-order valence-electron chi connectivity index (χ2n) is 7.94. The summed E-state index contributed by atoms with van der Waals surface area (Å²) in [5.74, 6) is 0.880. The van der Waals surface area contributed by atoms with E-state index in [0.29, 0.717) is 11.5 Å². The van der Waals surface area contributed by atoms with Crippen LogP contribution in [0.5, 0.6) is 5.75 Å². The van der Waals surface area contributed by atoms with Crippen LogP contribution in [-0.2, 0) is 13.6 Å². The number of nitrogens with zero attached hydrogens (tertiary/aromatic N) is 4. The molecule has 4 rings (SSSR count). The van der Waals surface area contributed by atoms with Gasteiger partial charge in [0.1, 0.15) is 18.5 Å². The lowest BCUT2D eigenvalue weighted by molar-refractivity contribution is 0.0935. The molecule has 0 saturated heterocycles. The Balaban J connectivity index is 1.66. The number of benzene rings is 2. The molecule has 1 atom stereocenters. The largest absolute Gasteiger partial charge is 0.491 e. The van der Waals surface area contributed by atoms with Crippen molar-refractivity contribution in [2.24, 2.45) is 12.1 Å². The van der Waals surface area contributed by atoms with Gasteiger partial charge in [-0.1, -0.05) is 48.5 Å². The molecule has 0 fully saturated rings. The molecule has 0 radical (unpaired) electrons. The predicted molar refractivity (Wildman–Crippen MR) is 131 cm³/mol. The molecule has 176 valence electrons. The topological polar surface area (TPSA) is 127 Å². The van der Waals surface area contributed by atoms with E-state index in [1.807, 2.05) is 68.4 Å². The van der Waals surface area contributed by atoms with Gasteiger partial charge in [-0.3, -0.25) is 14.3 Å². The van der Waals surface area contributed by atoms with Crippen molar-refractivity contribution in [2.45, 2.75) is 26.5 Å². The highest BCUT2D eigenvalue weighted by molar-refractivity contribution is 5.99. The molecule has 3 N–H and O–H groups in total. The number of H-pyrrole nitrogens is 1. The highest BCUT2D eigenvalue weighted by Crippen LogP contribution is 2.19. The molecule has 0 aliphatic rings. The molecule has 0 aliphatic carbocycles. The maximum Gasteiger partial charge on any atom is 0.329 e. The first-order valence-electron chi connectivity index (χ1n) is 10.8. The molecular weight excluding hydrogens is 436 g/mol. The number of para-hydroxylation sites is 1. The van der Waals surface area contributed by atoms with Gasteiger partial charge in [-0.05, 0) is 31.0 Å². The number of hydrogen-bond donors (Lipinski definition) is 3. The van der Waals surface area contributed by atoms with Gasteiger partial charge >= 0.3 is 5.69 Å². The van der Waals surface area contributed by atoms with Crippen molar-refractivity contribution in [1.82, 2.24) is 19.1 Å². The van der Waals surface area contributed by atoms with Crippen molar-refractivity contribution in [3.05, 3.63) is 86.6 Å². The van der Waals surface area contributed by atoms with Gasteiger partial charge in [0.15, 0.2) is 11.2 Å². The zero-order valence-electron chi connectivity index (χ0n) is 19.1. The van der Waals surface area contributed by atoms with Crippen LogP contribution >= 0.6 is 0 Å². The van der Waals surface area contributed by atoms with Gasteiger partial charge in [0.25, 0.3) is 5.56 Å². The Labute approximate surface area is 195 Å². The molecule has 2 heterocycles. The number of aromatic nitrogens is 4. The van der Waals surface area contributed by atoms with Crippen LogP contribution in [0.15, 0.2) is 69.3 Å². The number of aliphatic hydroxyl groups is 1. The normalized spacial score (nSPS) is 12.6. The molecule has 34 heavy (non-hydrogen) atoms. The maximum absolute atomic E-state index is 12.6. The minimum atomic E-state index is -0.964. The van der Waals surface area contributed by atoms with Crippen molar-refractivity contribution in [3.63, 3.8) is 0 Å². The summed E-state index contributed by atoms with van der Waals surface area (Å²) in [5, 5.41) is 15.1. The number of hydrogen-bond acceptors (Lipinski definition) is 7. The summed E-state index contributed by atoms with van der Waals surface area (Å²) in [6.45, 7) is 3.74. The highest BCUT2D eigenvalue weighted by atomic mass is 16.5. The van der Waals surface area contributed by atoms with E-state index in [1.54, 1.807) is 0 Å². The molecule has 0 spiro atoms. The Kier molecular flexibility index (Phi) is 6.60. The summed E-state index contributed by atoms with van der Waals surface area (Å²) in [6.07, 6.45) is -0.964. The van der Waals surface area contributed by atoms with Gasteiger partial charge in [0, 0.05) is 7.05 Å². The van der Waals surface area contributed by atoms with Gasteiger partial charge in [0.05, 0.1) is 12.3 Å². The quantitative estimate of drug-likeness (QED) is 0.272. The van der Waals surface area contributed by atoms with Crippen LogP contribution < -0.4 is 21.4 Å². The predicted octanol–water partition coefficient (Wildman–Crippen LogP) is 2.01. The number of rotatable bonds is 8. The van der Waals surface area contributed by atoms with Gasteiger partial charge in [-0.25, -0.2) is 10.2 Å². The number of nitrogens with one attached hydrogen (secondary N) is 2. The second kappa shape index (κ2) is 9.75. The maximum atomic E-state index is 12.6. The zero-order valence-corrected chi connectivity index (χ0v) is 19.1. The molecule has 0 saturated carbocycles. The van der Waals surface area contributed by atoms with Crippen molar-refractivity contribution >= 4 is 22.8 Å². The van der Waals surface area contributed by atoms with E-state index in [4.69, 9.17) is 4.74 Å². The summed E-state index contributed by atoms with van der Waals surface area (Å²) in [6, 6.07) is 17.1. The first-order valence-corrected chi connectivity index (χ1v) is 10.8. The standard InChI is InChI=1S/C24H26N6O4/c1-15-9-7-8-12-19(15)34-14-18(31)13-30-20-21(29(3)24(33)26-22(20)32)25-23(30)28-27-16(2)17-10-5-4-6-11-17/h4-12,18,31H,13-14H2,1-3H3,(H,25,28)(H,26,32,33)/b27-16+/t18-/m0/s1. The van der Waals surface area contributed by atoms with E-state index < -0.39 is 17.4 Å². The van der Waals surface area contributed by atoms with E-state index in [-0.39, 0.29) is 30.3 Å². The molecule has 2 aromatic carbocycles. The highest BCUT2D eigenvalue weighted by Gasteiger charge is 2.20. The number of anilines is 1. The molecule has 0 unspecified atom stereocenters. The lowest BCUT2D eigenvalue weighted by atomic mass is 10.1. The van der Waals surface area contributed by atoms with Gasteiger partial charge in [0.2, 0.25) is 5.95 Å². The monoisotopic (exact) mass is 462 g/mol. The fourth-order valence-corrected chi connectivity index (χ4v) is 3.54. The van der Waals surface area contributed by atoms with Crippen LogP contribution in [0.3, 0.4) is 0 Å². The average molecular weight is 463 g/mol. The second-order valence-corrected chi connectivity index (χ2v) is 7.94. The fraction of sp³-hybridized carbons (Fsp3) is 0.250. The number of fused-ring (bicyclic) bond motifs is 1. The smallest absolute Gasteiger partial charge is 0.329 e. The number of aromatic amines is 1. The summed E-state index contributed by atoms with van der Waals surface area (Å²) in [4.78, 5) is 31.4.